The zero-order chi connectivity index (χ0) is 12.4. The number of nitrogens with zero attached hydrogens (tertiary/aromatic N) is 3. The van der Waals surface area contributed by atoms with Crippen LogP contribution in [-0.2, 0) is 0 Å². The van der Waals surface area contributed by atoms with Crippen molar-refractivity contribution in [3.05, 3.63) is 34.5 Å². The van der Waals surface area contributed by atoms with Gasteiger partial charge in [-0.15, -0.1) is 0 Å². The first kappa shape index (κ1) is 11.3. The number of fused-ring (bicyclic) bond motifs is 1. The second-order valence-corrected chi connectivity index (χ2v) is 3.60. The Morgan fingerprint density at radius 1 is 1.59 bits per heavy atom. The van der Waals surface area contributed by atoms with Gasteiger partial charge >= 0.3 is 0 Å². The molecule has 0 radical (unpaired) electrons. The number of aromatic nitrogens is 3. The van der Waals surface area contributed by atoms with Crippen molar-refractivity contribution in [2.45, 2.75) is 18.6 Å². The maximum absolute atomic E-state index is 11.4. The topological polar surface area (TPSA) is 114 Å². The molecular weight excluding hydrogens is 224 g/mol. The molecule has 2 rings (SSSR count). The summed E-state index contributed by atoms with van der Waals surface area (Å²) in [5, 5.41) is 31.5. The average Bonchev–Trinajstić information content (AvgIpc) is 2.73. The smallest absolute Gasteiger partial charge is 0.275 e. The highest BCUT2D eigenvalue weighted by Crippen LogP contribution is 2.19. The maximum Gasteiger partial charge on any atom is 0.275 e. The Hall–Kier alpha value is -2.17. The van der Waals surface area contributed by atoms with E-state index in [2.05, 4.69) is 10.1 Å². The fourth-order valence-electron chi connectivity index (χ4n) is 1.55. The molecule has 2 aromatic heterocycles. The first-order valence-electron chi connectivity index (χ1n) is 4.92. The molecule has 17 heavy (non-hydrogen) atoms. The molecule has 2 unspecified atom stereocenters. The van der Waals surface area contributed by atoms with Crippen LogP contribution in [0.2, 0.25) is 0 Å². The van der Waals surface area contributed by atoms with Crippen molar-refractivity contribution in [3.63, 3.8) is 0 Å². The molecular formula is C10H10N4O3. The van der Waals surface area contributed by atoms with Gasteiger partial charge in [-0.3, -0.25) is 4.79 Å². The summed E-state index contributed by atoms with van der Waals surface area (Å²) in [6.07, 6.45) is 0.0942. The molecule has 0 fully saturated rings. The van der Waals surface area contributed by atoms with Gasteiger partial charge in [-0.05, 0) is 6.07 Å². The Kier molecular flexibility index (Phi) is 2.91. The minimum atomic E-state index is -1.21. The second-order valence-electron chi connectivity index (χ2n) is 3.60. The van der Waals surface area contributed by atoms with E-state index in [1.807, 2.05) is 0 Å². The van der Waals surface area contributed by atoms with Crippen LogP contribution < -0.4 is 5.56 Å². The zero-order valence-electron chi connectivity index (χ0n) is 8.74. The van der Waals surface area contributed by atoms with E-state index in [4.69, 9.17) is 5.26 Å². The number of nitrogens with one attached hydrogen (secondary N) is 1. The molecule has 0 aromatic carbocycles. The average molecular weight is 234 g/mol. The van der Waals surface area contributed by atoms with Crippen molar-refractivity contribution in [1.29, 1.82) is 5.26 Å². The summed E-state index contributed by atoms with van der Waals surface area (Å²) in [7, 11) is 0. The molecule has 0 aliphatic rings. The fourth-order valence-corrected chi connectivity index (χ4v) is 1.55. The third-order valence-corrected chi connectivity index (χ3v) is 2.44. The van der Waals surface area contributed by atoms with Crippen LogP contribution >= 0.6 is 0 Å². The molecule has 0 spiro atoms. The summed E-state index contributed by atoms with van der Waals surface area (Å²) in [6, 6.07) is 3.19. The number of aliphatic hydroxyl groups is 2. The predicted octanol–water partition coefficient (Wildman–Crippen LogP) is -0.669. The third kappa shape index (κ3) is 2.04. The van der Waals surface area contributed by atoms with Crippen LogP contribution in [0.25, 0.3) is 5.52 Å². The van der Waals surface area contributed by atoms with Crippen molar-refractivity contribution in [2.24, 2.45) is 0 Å². The molecule has 0 amide bonds. The van der Waals surface area contributed by atoms with E-state index < -0.39 is 12.2 Å². The van der Waals surface area contributed by atoms with E-state index in [9.17, 15) is 15.0 Å². The van der Waals surface area contributed by atoms with Crippen LogP contribution in [0, 0.1) is 11.3 Å². The molecule has 7 heteroatoms. The quantitative estimate of drug-likeness (QED) is 0.651. The van der Waals surface area contributed by atoms with Gasteiger partial charge < -0.3 is 15.2 Å². The minimum absolute atomic E-state index is 0.183. The lowest BCUT2D eigenvalue weighted by molar-refractivity contribution is 0.0217. The Balaban J connectivity index is 2.40. The molecule has 0 aliphatic heterocycles. The molecule has 0 saturated carbocycles. The normalized spacial score (nSPS) is 14.4. The third-order valence-electron chi connectivity index (χ3n) is 2.44. The Bertz CT molecular complexity index is 624. The second kappa shape index (κ2) is 4.37. The molecule has 0 aliphatic carbocycles. The monoisotopic (exact) mass is 234 g/mol. The highest BCUT2D eigenvalue weighted by molar-refractivity contribution is 5.47. The van der Waals surface area contributed by atoms with E-state index in [0.717, 1.165) is 0 Å². The number of hydrogen-bond donors (Lipinski definition) is 3. The molecule has 3 N–H and O–H groups in total. The summed E-state index contributed by atoms with van der Waals surface area (Å²) in [5.41, 5.74) is 0.274. The van der Waals surface area contributed by atoms with Gasteiger partial charge in [0.25, 0.3) is 5.56 Å². The lowest BCUT2D eigenvalue weighted by Gasteiger charge is -2.12. The summed E-state index contributed by atoms with van der Waals surface area (Å²) >= 11 is 0. The number of aliphatic hydroxyl groups excluding tert-OH is 2. The number of H-pyrrole nitrogens is 1. The zero-order valence-corrected chi connectivity index (χ0v) is 8.74. The first-order chi connectivity index (χ1) is 8.13. The van der Waals surface area contributed by atoms with Crippen LogP contribution in [0.5, 0.6) is 0 Å². The van der Waals surface area contributed by atoms with Crippen molar-refractivity contribution >= 4 is 5.52 Å². The maximum atomic E-state index is 11.4. The van der Waals surface area contributed by atoms with Gasteiger partial charge in [-0.25, -0.2) is 4.52 Å². The van der Waals surface area contributed by atoms with Gasteiger partial charge in [0, 0.05) is 11.8 Å². The number of rotatable bonds is 3. The largest absolute Gasteiger partial charge is 0.389 e. The summed E-state index contributed by atoms with van der Waals surface area (Å²) in [4.78, 5) is 13.8. The fraction of sp³-hybridized carbons (Fsp3) is 0.300. The van der Waals surface area contributed by atoms with Gasteiger partial charge in [-0.2, -0.15) is 10.4 Å². The van der Waals surface area contributed by atoms with Crippen LogP contribution in [0.15, 0.2) is 23.4 Å². The molecule has 88 valence electrons. The Morgan fingerprint density at radius 2 is 2.35 bits per heavy atom. The lowest BCUT2D eigenvalue weighted by Crippen LogP contribution is -2.16. The standard InChI is InChI=1S/C10H10N4O3/c11-2-1-8(15)9(16)6-3-7-10(17)12-5-13-14(7)4-6/h3-5,8-9,15-16H,1H2,(H,12,13,17). The summed E-state index contributed by atoms with van der Waals surface area (Å²) in [5.74, 6) is 0. The first-order valence-corrected chi connectivity index (χ1v) is 4.92. The van der Waals surface area contributed by atoms with E-state index in [1.54, 1.807) is 6.07 Å². The van der Waals surface area contributed by atoms with Gasteiger partial charge in [0.05, 0.1) is 18.6 Å². The van der Waals surface area contributed by atoms with E-state index >= 15 is 0 Å². The van der Waals surface area contributed by atoms with Crippen LogP contribution in [0.4, 0.5) is 0 Å². The molecule has 7 nitrogen and oxygen atoms in total. The molecule has 2 atom stereocenters. The molecule has 0 saturated heterocycles. The lowest BCUT2D eigenvalue weighted by atomic mass is 10.1. The number of aromatic amines is 1. The highest BCUT2D eigenvalue weighted by Gasteiger charge is 2.20. The molecule has 2 heterocycles. The SMILES string of the molecule is N#CCC(O)C(O)c1cc2c(=O)[nH]cnn2c1. The number of nitriles is 1. The van der Waals surface area contributed by atoms with Crippen molar-refractivity contribution in [3.8, 4) is 6.07 Å². The molecule has 2 aromatic rings. The van der Waals surface area contributed by atoms with E-state index in [0.29, 0.717) is 5.56 Å². The molecule has 0 bridgehead atoms. The Labute approximate surface area is 95.6 Å². The van der Waals surface area contributed by atoms with Crippen LogP contribution in [0.1, 0.15) is 18.1 Å². The summed E-state index contributed by atoms with van der Waals surface area (Å²) in [6.45, 7) is 0. The highest BCUT2D eigenvalue weighted by atomic mass is 16.3. The van der Waals surface area contributed by atoms with Crippen molar-refractivity contribution in [2.75, 3.05) is 0 Å². The van der Waals surface area contributed by atoms with Gasteiger partial charge in [-0.1, -0.05) is 0 Å². The summed E-state index contributed by atoms with van der Waals surface area (Å²) < 4.78 is 1.30. The van der Waals surface area contributed by atoms with E-state index in [1.165, 1.54) is 23.1 Å². The van der Waals surface area contributed by atoms with Gasteiger partial charge in [0.2, 0.25) is 0 Å². The van der Waals surface area contributed by atoms with Gasteiger partial charge in [0.15, 0.2) is 0 Å². The minimum Gasteiger partial charge on any atom is -0.389 e. The van der Waals surface area contributed by atoms with Crippen molar-refractivity contribution in [1.82, 2.24) is 14.6 Å². The van der Waals surface area contributed by atoms with Crippen LogP contribution in [-0.4, -0.2) is 30.9 Å². The van der Waals surface area contributed by atoms with Crippen LogP contribution in [0.3, 0.4) is 0 Å². The van der Waals surface area contributed by atoms with Gasteiger partial charge in [0.1, 0.15) is 17.9 Å². The number of hydrogen-bond acceptors (Lipinski definition) is 5. The predicted molar refractivity (Wildman–Crippen MR) is 57.0 cm³/mol. The van der Waals surface area contributed by atoms with E-state index in [-0.39, 0.29) is 17.5 Å². The Morgan fingerprint density at radius 3 is 3.00 bits per heavy atom. The van der Waals surface area contributed by atoms with Crippen molar-refractivity contribution < 1.29 is 10.2 Å².